The topological polar surface area (TPSA) is 70.2 Å². The third-order valence-electron chi connectivity index (χ3n) is 8.32. The molecule has 196 valence electrons. The highest BCUT2D eigenvalue weighted by Crippen LogP contribution is 2.37. The highest BCUT2D eigenvalue weighted by Gasteiger charge is 2.38. The number of pyridine rings is 1. The first-order valence-electron chi connectivity index (χ1n) is 13.4. The van der Waals surface area contributed by atoms with Gasteiger partial charge in [0.1, 0.15) is 5.82 Å². The summed E-state index contributed by atoms with van der Waals surface area (Å²) in [4.78, 5) is 24.0. The first-order chi connectivity index (χ1) is 19.1. The maximum Gasteiger partial charge on any atom is 0.253 e. The van der Waals surface area contributed by atoms with Crippen molar-refractivity contribution in [1.82, 2.24) is 20.2 Å². The lowest BCUT2D eigenvalue weighted by Crippen LogP contribution is -2.44. The molecule has 7 rings (SSSR count). The minimum atomic E-state index is -0.403. The van der Waals surface area contributed by atoms with Crippen LogP contribution in [0.4, 0.5) is 15.8 Å². The largest absolute Gasteiger partial charge is 0.355 e. The molecule has 6 nitrogen and oxygen atoms in total. The summed E-state index contributed by atoms with van der Waals surface area (Å²) in [7, 11) is 0. The van der Waals surface area contributed by atoms with E-state index in [1.807, 2.05) is 46.8 Å². The highest BCUT2D eigenvalue weighted by atomic mass is 32.1. The van der Waals surface area contributed by atoms with Crippen molar-refractivity contribution in [2.75, 3.05) is 31.5 Å². The van der Waals surface area contributed by atoms with Gasteiger partial charge in [0.2, 0.25) is 0 Å². The van der Waals surface area contributed by atoms with Crippen molar-refractivity contribution < 1.29 is 9.18 Å². The van der Waals surface area contributed by atoms with Crippen molar-refractivity contribution in [3.63, 3.8) is 0 Å². The molecular formula is C31H28FN5OS. The fourth-order valence-corrected chi connectivity index (χ4v) is 6.65. The number of hydrogen-bond acceptors (Lipinski definition) is 6. The zero-order chi connectivity index (χ0) is 26.4. The van der Waals surface area contributed by atoms with Gasteiger partial charge in [-0.3, -0.25) is 9.78 Å². The van der Waals surface area contributed by atoms with Crippen LogP contribution < -0.4 is 10.6 Å². The van der Waals surface area contributed by atoms with Crippen LogP contribution in [-0.4, -0.2) is 47.0 Å². The number of halogens is 1. The van der Waals surface area contributed by atoms with Crippen LogP contribution in [0.5, 0.6) is 0 Å². The van der Waals surface area contributed by atoms with Crippen molar-refractivity contribution in [3.05, 3.63) is 83.8 Å². The van der Waals surface area contributed by atoms with E-state index in [2.05, 4.69) is 26.7 Å². The summed E-state index contributed by atoms with van der Waals surface area (Å²) in [5, 5.41) is 7.86. The number of carbonyl (C=O) groups excluding carboxylic acids is 1. The fourth-order valence-electron chi connectivity index (χ4n) is 5.99. The van der Waals surface area contributed by atoms with E-state index in [1.54, 1.807) is 29.7 Å². The van der Waals surface area contributed by atoms with E-state index in [0.29, 0.717) is 16.5 Å². The van der Waals surface area contributed by atoms with Crippen molar-refractivity contribution in [2.45, 2.75) is 19.3 Å². The smallest absolute Gasteiger partial charge is 0.253 e. The van der Waals surface area contributed by atoms with Gasteiger partial charge < -0.3 is 15.5 Å². The number of fused-ring (bicyclic) bond motifs is 2. The third kappa shape index (κ3) is 4.53. The summed E-state index contributed by atoms with van der Waals surface area (Å²) in [6, 6.07) is 18.6. The van der Waals surface area contributed by atoms with Gasteiger partial charge in [0, 0.05) is 53.7 Å². The van der Waals surface area contributed by atoms with Gasteiger partial charge >= 0.3 is 0 Å². The Labute approximate surface area is 229 Å². The molecule has 39 heavy (non-hydrogen) atoms. The number of piperidine rings is 1. The zero-order valence-electron chi connectivity index (χ0n) is 21.4. The van der Waals surface area contributed by atoms with Crippen molar-refractivity contribution in [1.29, 1.82) is 0 Å². The minimum absolute atomic E-state index is 0.0898. The van der Waals surface area contributed by atoms with Gasteiger partial charge in [0.05, 0.1) is 21.2 Å². The molecular weight excluding hydrogens is 509 g/mol. The molecule has 8 heteroatoms. The predicted octanol–water partition coefficient (Wildman–Crippen LogP) is 6.61. The number of hydrogen-bond donors (Lipinski definition) is 2. The first kappa shape index (κ1) is 24.2. The van der Waals surface area contributed by atoms with Crippen LogP contribution >= 0.6 is 11.3 Å². The summed E-state index contributed by atoms with van der Waals surface area (Å²) >= 11 is 1.62. The molecule has 2 aliphatic rings. The average Bonchev–Trinajstić information content (AvgIpc) is 3.62. The molecule has 1 amide bonds. The number of benzene rings is 3. The molecule has 0 radical (unpaired) electrons. The minimum Gasteiger partial charge on any atom is -0.355 e. The van der Waals surface area contributed by atoms with E-state index >= 15 is 4.39 Å². The Bertz CT molecular complexity index is 1700. The molecule has 0 bridgehead atoms. The molecule has 0 atom stereocenters. The Morgan fingerprint density at radius 1 is 0.974 bits per heavy atom. The first-order valence-corrected chi connectivity index (χ1v) is 14.2. The Hall–Kier alpha value is -3.88. The van der Waals surface area contributed by atoms with Crippen LogP contribution in [0.3, 0.4) is 0 Å². The summed E-state index contributed by atoms with van der Waals surface area (Å²) in [5.41, 5.74) is 7.33. The molecule has 2 fully saturated rings. The zero-order valence-corrected chi connectivity index (χ0v) is 22.2. The number of anilines is 2. The van der Waals surface area contributed by atoms with Gasteiger partial charge in [-0.1, -0.05) is 18.2 Å². The normalized spacial score (nSPS) is 16.8. The number of rotatable bonds is 4. The lowest BCUT2D eigenvalue weighted by atomic mass is 9.78. The molecule has 0 unspecified atom stereocenters. The number of thiazole rings is 1. The number of carbonyl (C=O) groups is 1. The molecule has 4 heterocycles. The van der Waals surface area contributed by atoms with E-state index in [-0.39, 0.29) is 5.91 Å². The maximum absolute atomic E-state index is 15.4. The second kappa shape index (κ2) is 9.70. The molecule has 0 saturated carbocycles. The van der Waals surface area contributed by atoms with Gasteiger partial charge in [0.25, 0.3) is 5.91 Å². The second-order valence-electron chi connectivity index (χ2n) is 10.7. The Kier molecular flexibility index (Phi) is 6.01. The summed E-state index contributed by atoms with van der Waals surface area (Å²) in [6.45, 7) is 3.56. The third-order valence-corrected chi connectivity index (χ3v) is 9.13. The lowest BCUT2D eigenvalue weighted by molar-refractivity contribution is 0.0607. The van der Waals surface area contributed by atoms with Gasteiger partial charge in [-0.05, 0) is 79.3 Å². The van der Waals surface area contributed by atoms with Crippen LogP contribution in [0.2, 0.25) is 0 Å². The van der Waals surface area contributed by atoms with E-state index in [4.69, 9.17) is 0 Å². The van der Waals surface area contributed by atoms with Crippen LogP contribution in [0, 0.1) is 11.2 Å². The monoisotopic (exact) mass is 537 g/mol. The quantitative estimate of drug-likeness (QED) is 0.270. The van der Waals surface area contributed by atoms with Crippen LogP contribution in [0.15, 0.2) is 72.4 Å². The predicted molar refractivity (Wildman–Crippen MR) is 155 cm³/mol. The maximum atomic E-state index is 15.4. The molecule has 2 saturated heterocycles. The second-order valence-corrected chi connectivity index (χ2v) is 11.6. The Morgan fingerprint density at radius 2 is 1.87 bits per heavy atom. The Balaban J connectivity index is 1.11. The SMILES string of the molecule is O=C(c1ccc(-c2ccc3c(Nc4ccc5scnc5c4)ccnc3c2)c(F)c1)N1CCC2(CCNC2)CC1. The standard InChI is InChI=1S/C31H28FN5OS/c32-25-15-21(30(38)37-13-9-31(10-14-37)8-12-33-18-31)2-4-23(25)20-1-5-24-26(7-11-34-27(24)16-20)36-22-3-6-29-28(17-22)35-19-39-29/h1-7,11,15-17,19,33H,8-10,12-14,18H2,(H,34,36). The van der Waals surface area contributed by atoms with Crippen molar-refractivity contribution in [3.8, 4) is 11.1 Å². The van der Waals surface area contributed by atoms with Gasteiger partial charge in [0.15, 0.2) is 0 Å². The molecule has 2 aromatic heterocycles. The fraction of sp³-hybridized carbons (Fsp3) is 0.258. The van der Waals surface area contributed by atoms with E-state index in [1.165, 1.54) is 12.5 Å². The van der Waals surface area contributed by atoms with Crippen LogP contribution in [0.1, 0.15) is 29.6 Å². The number of nitrogens with zero attached hydrogens (tertiary/aromatic N) is 3. The average molecular weight is 538 g/mol. The number of likely N-dealkylation sites (tertiary alicyclic amines) is 1. The number of amides is 1. The van der Waals surface area contributed by atoms with Gasteiger partial charge in [-0.25, -0.2) is 9.37 Å². The molecule has 0 aliphatic carbocycles. The summed E-state index contributed by atoms with van der Waals surface area (Å²) in [6.07, 6.45) is 4.94. The summed E-state index contributed by atoms with van der Waals surface area (Å²) in [5.74, 6) is -0.493. The van der Waals surface area contributed by atoms with E-state index in [0.717, 1.165) is 77.1 Å². The molecule has 3 aromatic carbocycles. The summed E-state index contributed by atoms with van der Waals surface area (Å²) < 4.78 is 16.5. The van der Waals surface area contributed by atoms with E-state index in [9.17, 15) is 4.79 Å². The van der Waals surface area contributed by atoms with Crippen LogP contribution in [0.25, 0.3) is 32.2 Å². The highest BCUT2D eigenvalue weighted by molar-refractivity contribution is 7.16. The van der Waals surface area contributed by atoms with Crippen LogP contribution in [-0.2, 0) is 0 Å². The molecule has 1 spiro atoms. The molecule has 2 aliphatic heterocycles. The van der Waals surface area contributed by atoms with Gasteiger partial charge in [-0.15, -0.1) is 11.3 Å². The van der Waals surface area contributed by atoms with Crippen molar-refractivity contribution >= 4 is 49.7 Å². The molecule has 2 N–H and O–H groups in total. The van der Waals surface area contributed by atoms with Crippen molar-refractivity contribution in [2.24, 2.45) is 5.41 Å². The van der Waals surface area contributed by atoms with Gasteiger partial charge in [-0.2, -0.15) is 0 Å². The van der Waals surface area contributed by atoms with E-state index < -0.39 is 5.82 Å². The number of nitrogens with one attached hydrogen (secondary N) is 2. The lowest BCUT2D eigenvalue weighted by Gasteiger charge is -2.38. The molecule has 5 aromatic rings. The number of aromatic nitrogens is 2. The Morgan fingerprint density at radius 3 is 2.69 bits per heavy atom.